The lowest BCUT2D eigenvalue weighted by atomic mass is 10.1. The Morgan fingerprint density at radius 3 is 2.35 bits per heavy atom. The number of benzene rings is 2. The van der Waals surface area contributed by atoms with Gasteiger partial charge in [0, 0.05) is 13.1 Å². The zero-order chi connectivity index (χ0) is 18.2. The molecule has 0 aliphatic rings. The van der Waals surface area contributed by atoms with Gasteiger partial charge in [0.05, 0.1) is 0 Å². The topological polar surface area (TPSA) is 66.9 Å². The number of anilines is 1. The predicted molar refractivity (Wildman–Crippen MR) is 103 cm³/mol. The van der Waals surface area contributed by atoms with Crippen LogP contribution < -0.4 is 10.6 Å². The van der Waals surface area contributed by atoms with Crippen LogP contribution in [-0.2, 0) is 13.0 Å². The van der Waals surface area contributed by atoms with Gasteiger partial charge in [-0.15, -0.1) is 10.2 Å². The SMILES string of the molecule is Cc1ccc(CNc2ccc(C(=O)NCCc3ccccc3)nn2)cc1. The molecule has 5 heteroatoms. The van der Waals surface area contributed by atoms with E-state index in [2.05, 4.69) is 52.0 Å². The van der Waals surface area contributed by atoms with Gasteiger partial charge in [-0.2, -0.15) is 0 Å². The highest BCUT2D eigenvalue weighted by Gasteiger charge is 2.07. The van der Waals surface area contributed by atoms with Crippen molar-refractivity contribution in [3.8, 4) is 0 Å². The van der Waals surface area contributed by atoms with E-state index in [4.69, 9.17) is 0 Å². The van der Waals surface area contributed by atoms with Gasteiger partial charge in [0.25, 0.3) is 5.91 Å². The fourth-order valence-corrected chi connectivity index (χ4v) is 2.50. The molecule has 0 unspecified atom stereocenters. The molecule has 26 heavy (non-hydrogen) atoms. The number of carbonyl (C=O) groups is 1. The lowest BCUT2D eigenvalue weighted by molar-refractivity contribution is 0.0948. The summed E-state index contributed by atoms with van der Waals surface area (Å²) in [7, 11) is 0. The summed E-state index contributed by atoms with van der Waals surface area (Å²) in [6.45, 7) is 3.29. The molecular weight excluding hydrogens is 324 g/mol. The first-order chi connectivity index (χ1) is 12.7. The molecule has 3 aromatic rings. The number of hydrogen-bond donors (Lipinski definition) is 2. The predicted octanol–water partition coefficient (Wildman–Crippen LogP) is 3.37. The molecule has 0 fully saturated rings. The van der Waals surface area contributed by atoms with Crippen molar-refractivity contribution >= 4 is 11.7 Å². The van der Waals surface area contributed by atoms with Crippen molar-refractivity contribution in [2.75, 3.05) is 11.9 Å². The van der Waals surface area contributed by atoms with Gasteiger partial charge in [-0.1, -0.05) is 60.2 Å². The van der Waals surface area contributed by atoms with Crippen LogP contribution in [0.3, 0.4) is 0 Å². The van der Waals surface area contributed by atoms with Gasteiger partial charge >= 0.3 is 0 Å². The molecule has 2 aromatic carbocycles. The fraction of sp³-hybridized carbons (Fsp3) is 0.190. The zero-order valence-corrected chi connectivity index (χ0v) is 14.8. The number of aryl methyl sites for hydroxylation is 1. The highest BCUT2D eigenvalue weighted by Crippen LogP contribution is 2.07. The van der Waals surface area contributed by atoms with Gasteiger partial charge in [-0.05, 0) is 36.6 Å². The van der Waals surface area contributed by atoms with E-state index in [1.165, 1.54) is 16.7 Å². The molecule has 3 rings (SSSR count). The van der Waals surface area contributed by atoms with E-state index < -0.39 is 0 Å². The van der Waals surface area contributed by atoms with Crippen molar-refractivity contribution in [2.24, 2.45) is 0 Å². The van der Waals surface area contributed by atoms with Gasteiger partial charge in [-0.3, -0.25) is 4.79 Å². The van der Waals surface area contributed by atoms with Crippen LogP contribution in [0.1, 0.15) is 27.2 Å². The molecule has 0 saturated carbocycles. The molecule has 2 N–H and O–H groups in total. The lowest BCUT2D eigenvalue weighted by Gasteiger charge is -2.07. The Bertz CT molecular complexity index is 830. The Kier molecular flexibility index (Phi) is 5.93. The molecule has 0 bridgehead atoms. The second kappa shape index (κ2) is 8.76. The maximum atomic E-state index is 12.1. The molecule has 0 spiro atoms. The van der Waals surface area contributed by atoms with E-state index >= 15 is 0 Å². The van der Waals surface area contributed by atoms with E-state index in [0.717, 1.165) is 6.42 Å². The summed E-state index contributed by atoms with van der Waals surface area (Å²) in [4.78, 5) is 12.1. The highest BCUT2D eigenvalue weighted by molar-refractivity contribution is 5.92. The molecular formula is C21H22N4O. The molecule has 0 atom stereocenters. The first-order valence-corrected chi connectivity index (χ1v) is 8.66. The zero-order valence-electron chi connectivity index (χ0n) is 14.8. The molecule has 1 amide bonds. The molecule has 132 valence electrons. The monoisotopic (exact) mass is 346 g/mol. The van der Waals surface area contributed by atoms with Gasteiger partial charge in [0.15, 0.2) is 5.69 Å². The minimum absolute atomic E-state index is 0.210. The van der Waals surface area contributed by atoms with Crippen LogP contribution in [0.15, 0.2) is 66.7 Å². The second-order valence-corrected chi connectivity index (χ2v) is 6.13. The van der Waals surface area contributed by atoms with Gasteiger partial charge in [0.1, 0.15) is 5.82 Å². The summed E-state index contributed by atoms with van der Waals surface area (Å²) in [5.41, 5.74) is 3.91. The largest absolute Gasteiger partial charge is 0.365 e. The number of rotatable bonds is 7. The molecule has 0 aliphatic carbocycles. The minimum atomic E-state index is -0.210. The maximum Gasteiger partial charge on any atom is 0.271 e. The van der Waals surface area contributed by atoms with Crippen LogP contribution in [0.5, 0.6) is 0 Å². The number of nitrogens with one attached hydrogen (secondary N) is 2. The van der Waals surface area contributed by atoms with Gasteiger partial charge in [-0.25, -0.2) is 0 Å². The van der Waals surface area contributed by atoms with Crippen molar-refractivity contribution in [3.05, 3.63) is 89.1 Å². The van der Waals surface area contributed by atoms with Crippen LogP contribution in [0.25, 0.3) is 0 Å². The smallest absolute Gasteiger partial charge is 0.271 e. The Labute approximate surface area is 153 Å². The standard InChI is InChI=1S/C21H22N4O/c1-16-7-9-18(10-8-16)15-23-20-12-11-19(24-25-20)21(26)22-14-13-17-5-3-2-4-6-17/h2-12H,13-15H2,1H3,(H,22,26)(H,23,25). The van der Waals surface area contributed by atoms with E-state index in [1.807, 2.05) is 30.3 Å². The number of carbonyl (C=O) groups excluding carboxylic acids is 1. The second-order valence-electron chi connectivity index (χ2n) is 6.13. The summed E-state index contributed by atoms with van der Waals surface area (Å²) in [6.07, 6.45) is 0.788. The third-order valence-electron chi connectivity index (χ3n) is 4.03. The van der Waals surface area contributed by atoms with Crippen LogP contribution in [0.4, 0.5) is 5.82 Å². The maximum absolute atomic E-state index is 12.1. The Morgan fingerprint density at radius 2 is 1.65 bits per heavy atom. The third kappa shape index (κ3) is 5.14. The van der Waals surface area contributed by atoms with Crippen molar-refractivity contribution in [3.63, 3.8) is 0 Å². The summed E-state index contributed by atoms with van der Waals surface area (Å²) in [6, 6.07) is 21.8. The van der Waals surface area contributed by atoms with Gasteiger partial charge < -0.3 is 10.6 Å². The quantitative estimate of drug-likeness (QED) is 0.688. The molecule has 0 radical (unpaired) electrons. The number of nitrogens with zero attached hydrogens (tertiary/aromatic N) is 2. The van der Waals surface area contributed by atoms with E-state index in [9.17, 15) is 4.79 Å². The van der Waals surface area contributed by atoms with Crippen LogP contribution in [0.2, 0.25) is 0 Å². The average molecular weight is 346 g/mol. The van der Waals surface area contributed by atoms with Crippen molar-refractivity contribution in [1.82, 2.24) is 15.5 Å². The van der Waals surface area contributed by atoms with Crippen molar-refractivity contribution in [1.29, 1.82) is 0 Å². The van der Waals surface area contributed by atoms with Gasteiger partial charge in [0.2, 0.25) is 0 Å². The summed E-state index contributed by atoms with van der Waals surface area (Å²) >= 11 is 0. The molecule has 0 aliphatic heterocycles. The molecule has 1 heterocycles. The highest BCUT2D eigenvalue weighted by atomic mass is 16.1. The lowest BCUT2D eigenvalue weighted by Crippen LogP contribution is -2.26. The van der Waals surface area contributed by atoms with Crippen LogP contribution >= 0.6 is 0 Å². The van der Waals surface area contributed by atoms with Crippen molar-refractivity contribution in [2.45, 2.75) is 19.9 Å². The first kappa shape index (κ1) is 17.6. The number of hydrogen-bond acceptors (Lipinski definition) is 4. The van der Waals surface area contributed by atoms with E-state index in [0.29, 0.717) is 24.6 Å². The number of amides is 1. The first-order valence-electron chi connectivity index (χ1n) is 8.66. The minimum Gasteiger partial charge on any atom is -0.365 e. The average Bonchev–Trinajstić information content (AvgIpc) is 2.69. The summed E-state index contributed by atoms with van der Waals surface area (Å²) in [5, 5.41) is 14.2. The molecule has 1 aromatic heterocycles. The van der Waals surface area contributed by atoms with E-state index in [-0.39, 0.29) is 5.91 Å². The Morgan fingerprint density at radius 1 is 0.885 bits per heavy atom. The molecule has 0 saturated heterocycles. The Hall–Kier alpha value is -3.21. The van der Waals surface area contributed by atoms with Crippen LogP contribution in [-0.4, -0.2) is 22.6 Å². The fourth-order valence-electron chi connectivity index (χ4n) is 2.50. The van der Waals surface area contributed by atoms with Crippen molar-refractivity contribution < 1.29 is 4.79 Å². The number of aromatic nitrogens is 2. The van der Waals surface area contributed by atoms with E-state index in [1.54, 1.807) is 12.1 Å². The normalized spacial score (nSPS) is 10.3. The Balaban J connectivity index is 1.47. The molecule has 5 nitrogen and oxygen atoms in total. The third-order valence-corrected chi connectivity index (χ3v) is 4.03. The summed E-state index contributed by atoms with van der Waals surface area (Å²) < 4.78 is 0. The summed E-state index contributed by atoms with van der Waals surface area (Å²) in [5.74, 6) is 0.435. The van der Waals surface area contributed by atoms with Crippen LogP contribution in [0, 0.1) is 6.92 Å².